The number of aliphatic hydroxyl groups is 1. The molecule has 2 nitrogen and oxygen atoms in total. The number of rotatable bonds is 2. The molecule has 1 fully saturated rings. The van der Waals surface area contributed by atoms with Crippen molar-refractivity contribution in [1.82, 2.24) is 4.90 Å². The van der Waals surface area contributed by atoms with Gasteiger partial charge in [-0.3, -0.25) is 4.90 Å². The summed E-state index contributed by atoms with van der Waals surface area (Å²) in [6.07, 6.45) is 1.06. The summed E-state index contributed by atoms with van der Waals surface area (Å²) in [5, 5.41) is 9.98. The summed E-state index contributed by atoms with van der Waals surface area (Å²) < 4.78 is 0. The molecule has 0 aromatic carbocycles. The summed E-state index contributed by atoms with van der Waals surface area (Å²) in [5.41, 5.74) is 0.0133. The van der Waals surface area contributed by atoms with Crippen LogP contribution in [0.1, 0.15) is 27.2 Å². The van der Waals surface area contributed by atoms with Gasteiger partial charge in [-0.05, 0) is 24.1 Å². The molecule has 14 heavy (non-hydrogen) atoms. The van der Waals surface area contributed by atoms with Crippen LogP contribution in [-0.4, -0.2) is 47.3 Å². The number of hydrogen-bond acceptors (Lipinski definition) is 3. The van der Waals surface area contributed by atoms with Crippen LogP contribution >= 0.6 is 11.8 Å². The van der Waals surface area contributed by atoms with Gasteiger partial charge in [-0.1, -0.05) is 20.8 Å². The summed E-state index contributed by atoms with van der Waals surface area (Å²) in [4.78, 5) is 2.40. The number of hydrogen-bond donors (Lipinski definition) is 1. The monoisotopic (exact) mass is 217 g/mol. The molecule has 0 saturated carbocycles. The molecule has 1 saturated heterocycles. The minimum Gasteiger partial charge on any atom is -0.391 e. The topological polar surface area (TPSA) is 23.5 Å². The molecule has 1 heterocycles. The fraction of sp³-hybridized carbons (Fsp3) is 1.00. The van der Waals surface area contributed by atoms with E-state index in [0.717, 1.165) is 19.6 Å². The molecule has 1 aliphatic heterocycles. The molecule has 3 heteroatoms. The van der Waals surface area contributed by atoms with Crippen LogP contribution in [0.15, 0.2) is 0 Å². The van der Waals surface area contributed by atoms with Crippen LogP contribution in [0, 0.1) is 5.41 Å². The largest absolute Gasteiger partial charge is 0.391 e. The Balaban J connectivity index is 2.34. The van der Waals surface area contributed by atoms with E-state index in [9.17, 15) is 5.11 Å². The van der Waals surface area contributed by atoms with Gasteiger partial charge in [-0.2, -0.15) is 11.8 Å². The standard InChI is InChI=1S/C11H23NOS/c1-11(2,3)10(13)9-12-5-4-7-14-8-6-12/h10,13H,4-9H2,1-3H3. The highest BCUT2D eigenvalue weighted by molar-refractivity contribution is 7.99. The van der Waals surface area contributed by atoms with Gasteiger partial charge < -0.3 is 5.11 Å². The van der Waals surface area contributed by atoms with Crippen LogP contribution in [0.5, 0.6) is 0 Å². The summed E-state index contributed by atoms with van der Waals surface area (Å²) in [6.45, 7) is 9.43. The third kappa shape index (κ3) is 4.20. The molecule has 0 bridgehead atoms. The first-order chi connectivity index (χ1) is 6.50. The lowest BCUT2D eigenvalue weighted by Crippen LogP contribution is -2.40. The normalized spacial score (nSPS) is 23.1. The van der Waals surface area contributed by atoms with E-state index >= 15 is 0 Å². The Bertz CT molecular complexity index is 159. The summed E-state index contributed by atoms with van der Waals surface area (Å²) in [7, 11) is 0. The van der Waals surface area contributed by atoms with Crippen molar-refractivity contribution in [1.29, 1.82) is 0 Å². The Hall–Kier alpha value is 0.270. The quantitative estimate of drug-likeness (QED) is 0.763. The number of aliphatic hydroxyl groups excluding tert-OH is 1. The van der Waals surface area contributed by atoms with Crippen molar-refractivity contribution in [3.63, 3.8) is 0 Å². The predicted octanol–water partition coefficient (Wildman–Crippen LogP) is 1.83. The second-order valence-corrected chi connectivity index (χ2v) is 6.37. The zero-order valence-electron chi connectivity index (χ0n) is 9.62. The first kappa shape index (κ1) is 12.3. The van der Waals surface area contributed by atoms with Crippen molar-refractivity contribution in [3.8, 4) is 0 Å². The second-order valence-electron chi connectivity index (χ2n) is 5.15. The lowest BCUT2D eigenvalue weighted by atomic mass is 9.89. The Labute approximate surface area is 92.1 Å². The van der Waals surface area contributed by atoms with E-state index in [1.165, 1.54) is 17.9 Å². The fourth-order valence-electron chi connectivity index (χ4n) is 1.50. The number of β-amino-alcohol motifs (C(OH)–C–C–N with tert-alkyl or cyclic N) is 1. The van der Waals surface area contributed by atoms with E-state index in [4.69, 9.17) is 0 Å². The lowest BCUT2D eigenvalue weighted by Gasteiger charge is -2.31. The molecule has 1 atom stereocenters. The maximum Gasteiger partial charge on any atom is 0.0715 e. The first-order valence-electron chi connectivity index (χ1n) is 5.48. The third-order valence-corrected chi connectivity index (χ3v) is 3.79. The minimum absolute atomic E-state index is 0.0133. The molecule has 0 aliphatic carbocycles. The van der Waals surface area contributed by atoms with Gasteiger partial charge in [0.2, 0.25) is 0 Å². The molecule has 1 aliphatic rings. The molecule has 0 amide bonds. The van der Waals surface area contributed by atoms with E-state index in [0.29, 0.717) is 0 Å². The van der Waals surface area contributed by atoms with Crippen molar-refractivity contribution in [2.75, 3.05) is 31.1 Å². The average Bonchev–Trinajstić information content (AvgIpc) is 2.31. The Morgan fingerprint density at radius 3 is 2.64 bits per heavy atom. The second kappa shape index (κ2) is 5.38. The Kier molecular flexibility index (Phi) is 4.74. The van der Waals surface area contributed by atoms with E-state index in [2.05, 4.69) is 25.7 Å². The van der Waals surface area contributed by atoms with E-state index < -0.39 is 0 Å². The smallest absolute Gasteiger partial charge is 0.0715 e. The van der Waals surface area contributed by atoms with Crippen molar-refractivity contribution in [3.05, 3.63) is 0 Å². The molecule has 0 aromatic rings. The molecule has 84 valence electrons. The molecule has 1 rings (SSSR count). The molecule has 1 N–H and O–H groups in total. The molecule has 0 radical (unpaired) electrons. The van der Waals surface area contributed by atoms with Crippen molar-refractivity contribution >= 4 is 11.8 Å². The van der Waals surface area contributed by atoms with Gasteiger partial charge in [0.1, 0.15) is 0 Å². The zero-order chi connectivity index (χ0) is 10.6. The fourth-order valence-corrected chi connectivity index (χ4v) is 2.42. The van der Waals surface area contributed by atoms with Crippen LogP contribution in [0.4, 0.5) is 0 Å². The highest BCUT2D eigenvalue weighted by Gasteiger charge is 2.24. The Morgan fingerprint density at radius 1 is 1.29 bits per heavy atom. The lowest BCUT2D eigenvalue weighted by molar-refractivity contribution is 0.0304. The van der Waals surface area contributed by atoms with Crippen molar-refractivity contribution < 1.29 is 5.11 Å². The van der Waals surface area contributed by atoms with Crippen LogP contribution in [0.25, 0.3) is 0 Å². The molecule has 0 spiro atoms. The highest BCUT2D eigenvalue weighted by Crippen LogP contribution is 2.20. The van der Waals surface area contributed by atoms with Gasteiger partial charge in [0.25, 0.3) is 0 Å². The van der Waals surface area contributed by atoms with Crippen LogP contribution in [0.3, 0.4) is 0 Å². The maximum absolute atomic E-state index is 9.98. The average molecular weight is 217 g/mol. The van der Waals surface area contributed by atoms with E-state index in [1.807, 2.05) is 11.8 Å². The van der Waals surface area contributed by atoms with E-state index in [-0.39, 0.29) is 11.5 Å². The summed E-state index contributed by atoms with van der Waals surface area (Å²) in [6, 6.07) is 0. The van der Waals surface area contributed by atoms with Crippen molar-refractivity contribution in [2.24, 2.45) is 5.41 Å². The number of thioether (sulfide) groups is 1. The minimum atomic E-state index is -0.203. The van der Waals surface area contributed by atoms with Gasteiger partial charge >= 0.3 is 0 Å². The van der Waals surface area contributed by atoms with Crippen LogP contribution in [0.2, 0.25) is 0 Å². The SMILES string of the molecule is CC(C)(C)C(O)CN1CCCSCC1. The van der Waals surface area contributed by atoms with Gasteiger partial charge in [0, 0.05) is 18.8 Å². The zero-order valence-corrected chi connectivity index (χ0v) is 10.4. The summed E-state index contributed by atoms with van der Waals surface area (Å²) in [5.74, 6) is 2.50. The number of nitrogens with zero attached hydrogens (tertiary/aromatic N) is 1. The van der Waals surface area contributed by atoms with Crippen LogP contribution < -0.4 is 0 Å². The predicted molar refractivity (Wildman–Crippen MR) is 63.8 cm³/mol. The summed E-state index contributed by atoms with van der Waals surface area (Å²) >= 11 is 2.03. The molecule has 1 unspecified atom stereocenters. The van der Waals surface area contributed by atoms with Gasteiger partial charge in [0.05, 0.1) is 6.10 Å². The highest BCUT2D eigenvalue weighted by atomic mass is 32.2. The first-order valence-corrected chi connectivity index (χ1v) is 6.64. The van der Waals surface area contributed by atoms with Crippen molar-refractivity contribution in [2.45, 2.75) is 33.3 Å². The maximum atomic E-state index is 9.98. The van der Waals surface area contributed by atoms with Crippen LogP contribution in [-0.2, 0) is 0 Å². The van der Waals surface area contributed by atoms with Gasteiger partial charge in [0.15, 0.2) is 0 Å². The molecular weight excluding hydrogens is 194 g/mol. The van der Waals surface area contributed by atoms with Gasteiger partial charge in [-0.25, -0.2) is 0 Å². The molecule has 0 aromatic heterocycles. The van der Waals surface area contributed by atoms with E-state index in [1.54, 1.807) is 0 Å². The Morgan fingerprint density at radius 2 is 2.00 bits per heavy atom. The molecular formula is C11H23NOS. The van der Waals surface area contributed by atoms with Gasteiger partial charge in [-0.15, -0.1) is 0 Å². The third-order valence-electron chi connectivity index (χ3n) is 2.75.